The average Bonchev–Trinajstić information content (AvgIpc) is 3.09. The maximum absolute atomic E-state index is 13.2. The summed E-state index contributed by atoms with van der Waals surface area (Å²) in [7, 11) is 0. The summed E-state index contributed by atoms with van der Waals surface area (Å²) in [6.07, 6.45) is -3.11. The topological polar surface area (TPSA) is 54.9 Å². The van der Waals surface area contributed by atoms with Gasteiger partial charge in [0.25, 0.3) is 0 Å². The summed E-state index contributed by atoms with van der Waals surface area (Å²) in [5.41, 5.74) is 0.889. The zero-order valence-electron chi connectivity index (χ0n) is 16.2. The highest BCUT2D eigenvalue weighted by molar-refractivity contribution is 8.00. The van der Waals surface area contributed by atoms with Gasteiger partial charge < -0.3 is 5.32 Å². The quantitative estimate of drug-likeness (QED) is 0.277. The Bertz CT molecular complexity index is 1240. The molecule has 4 aromatic rings. The minimum absolute atomic E-state index is 0.0819. The lowest BCUT2D eigenvalue weighted by Crippen LogP contribution is -2.18. The Kier molecular flexibility index (Phi) is 5.97. The number of carbonyl (C=O) groups is 1. The van der Waals surface area contributed by atoms with E-state index in [1.54, 1.807) is 0 Å². The predicted octanol–water partition coefficient (Wildman–Crippen LogP) is 6.42. The van der Waals surface area contributed by atoms with E-state index in [1.807, 2.05) is 37.3 Å². The number of fused-ring (bicyclic) bond motifs is 1. The van der Waals surface area contributed by atoms with Gasteiger partial charge in [-0.05, 0) is 24.6 Å². The number of benzene rings is 2. The molecule has 0 unspecified atom stereocenters. The number of anilines is 1. The number of thiophene rings is 1. The number of hydrogen-bond donors (Lipinski definition) is 1. The van der Waals surface area contributed by atoms with Gasteiger partial charge in [-0.15, -0.1) is 11.3 Å². The van der Waals surface area contributed by atoms with Crippen molar-refractivity contribution in [3.05, 3.63) is 71.4 Å². The Morgan fingerprint density at radius 2 is 1.77 bits per heavy atom. The molecule has 2 heterocycles. The van der Waals surface area contributed by atoms with Gasteiger partial charge in [0.15, 0.2) is 0 Å². The third-order valence-electron chi connectivity index (χ3n) is 4.54. The van der Waals surface area contributed by atoms with Crippen molar-refractivity contribution in [1.82, 2.24) is 9.97 Å². The number of hydrogen-bond acceptors (Lipinski definition) is 5. The molecule has 0 aliphatic carbocycles. The summed E-state index contributed by atoms with van der Waals surface area (Å²) in [4.78, 5) is 23.0. The number of rotatable bonds is 5. The van der Waals surface area contributed by atoms with Crippen molar-refractivity contribution in [3.63, 3.8) is 0 Å². The van der Waals surface area contributed by atoms with Gasteiger partial charge in [0.2, 0.25) is 5.91 Å². The summed E-state index contributed by atoms with van der Waals surface area (Å²) in [5.74, 6) is -0.622. The first kappa shape index (κ1) is 21.3. The second-order valence-electron chi connectivity index (χ2n) is 6.64. The van der Waals surface area contributed by atoms with E-state index >= 15 is 0 Å². The fourth-order valence-corrected chi connectivity index (χ4v) is 5.12. The first-order chi connectivity index (χ1) is 14.8. The molecule has 0 bridgehead atoms. The third kappa shape index (κ3) is 4.57. The monoisotopic (exact) mass is 459 g/mol. The van der Waals surface area contributed by atoms with Crippen LogP contribution in [0.3, 0.4) is 0 Å². The number of nitrogens with zero attached hydrogens (tertiary/aromatic N) is 2. The van der Waals surface area contributed by atoms with Crippen molar-refractivity contribution in [2.45, 2.75) is 18.1 Å². The lowest BCUT2D eigenvalue weighted by Gasteiger charge is -2.13. The molecule has 4 nitrogen and oxygen atoms in total. The second-order valence-corrected chi connectivity index (χ2v) is 8.81. The van der Waals surface area contributed by atoms with Gasteiger partial charge in [-0.2, -0.15) is 13.2 Å². The van der Waals surface area contributed by atoms with Gasteiger partial charge in [-0.25, -0.2) is 9.97 Å². The molecule has 0 radical (unpaired) electrons. The Morgan fingerprint density at radius 3 is 2.52 bits per heavy atom. The molecule has 0 spiro atoms. The molecular weight excluding hydrogens is 443 g/mol. The van der Waals surface area contributed by atoms with Crippen LogP contribution in [0.5, 0.6) is 0 Å². The molecule has 0 saturated heterocycles. The number of nitrogens with one attached hydrogen (secondary N) is 1. The SMILES string of the molecule is Cc1sc2ncnc(SCC(=O)Nc3ccccc3C(F)(F)F)c2c1-c1ccccc1. The van der Waals surface area contributed by atoms with Crippen LogP contribution in [0.25, 0.3) is 21.3 Å². The number of aromatic nitrogens is 2. The fraction of sp³-hybridized carbons (Fsp3) is 0.136. The minimum atomic E-state index is -4.55. The van der Waals surface area contributed by atoms with Crippen molar-refractivity contribution < 1.29 is 18.0 Å². The van der Waals surface area contributed by atoms with E-state index in [2.05, 4.69) is 15.3 Å². The Morgan fingerprint density at radius 1 is 1.06 bits per heavy atom. The molecule has 9 heteroatoms. The predicted molar refractivity (Wildman–Crippen MR) is 118 cm³/mol. The average molecular weight is 460 g/mol. The van der Waals surface area contributed by atoms with Crippen molar-refractivity contribution in [2.24, 2.45) is 0 Å². The molecular formula is C22H16F3N3OS2. The molecule has 2 aromatic heterocycles. The molecule has 158 valence electrons. The van der Waals surface area contributed by atoms with Crippen LogP contribution < -0.4 is 5.32 Å². The normalized spacial score (nSPS) is 11.6. The van der Waals surface area contributed by atoms with Crippen LogP contribution in [0.2, 0.25) is 0 Å². The van der Waals surface area contributed by atoms with E-state index in [-0.39, 0.29) is 11.4 Å². The van der Waals surface area contributed by atoms with Crippen LogP contribution in [-0.4, -0.2) is 21.6 Å². The first-order valence-corrected chi connectivity index (χ1v) is 11.0. The molecule has 1 amide bonds. The van der Waals surface area contributed by atoms with Crippen LogP contribution >= 0.6 is 23.1 Å². The van der Waals surface area contributed by atoms with Crippen LogP contribution in [0, 0.1) is 6.92 Å². The zero-order chi connectivity index (χ0) is 22.0. The highest BCUT2D eigenvalue weighted by Gasteiger charge is 2.33. The number of halogens is 3. The molecule has 0 aliphatic heterocycles. The summed E-state index contributed by atoms with van der Waals surface area (Å²) in [6, 6.07) is 14.7. The van der Waals surface area contributed by atoms with Crippen LogP contribution in [0.1, 0.15) is 10.4 Å². The minimum Gasteiger partial charge on any atom is -0.325 e. The largest absolute Gasteiger partial charge is 0.418 e. The van der Waals surface area contributed by atoms with Crippen molar-refractivity contribution in [1.29, 1.82) is 0 Å². The van der Waals surface area contributed by atoms with E-state index in [4.69, 9.17) is 0 Å². The Hall–Kier alpha value is -2.91. The molecule has 4 rings (SSSR count). The highest BCUT2D eigenvalue weighted by atomic mass is 32.2. The second kappa shape index (κ2) is 8.68. The molecule has 2 aromatic carbocycles. The van der Waals surface area contributed by atoms with Crippen molar-refractivity contribution in [2.75, 3.05) is 11.1 Å². The Balaban J connectivity index is 1.59. The molecule has 0 atom stereocenters. The number of carbonyl (C=O) groups excluding carboxylic acids is 1. The molecule has 0 aliphatic rings. The lowest BCUT2D eigenvalue weighted by molar-refractivity contribution is -0.137. The number of alkyl halides is 3. The van der Waals surface area contributed by atoms with Gasteiger partial charge in [-0.3, -0.25) is 4.79 Å². The van der Waals surface area contributed by atoms with Crippen LogP contribution in [0.4, 0.5) is 18.9 Å². The van der Waals surface area contributed by atoms with E-state index < -0.39 is 17.6 Å². The summed E-state index contributed by atoms with van der Waals surface area (Å²) in [5, 5.41) is 3.84. The maximum Gasteiger partial charge on any atom is 0.418 e. The number of para-hydroxylation sites is 1. The standard InChI is InChI=1S/C22H16F3N3OS2/c1-13-18(14-7-3-2-4-8-14)19-20(26-12-27-21(19)31-13)30-11-17(29)28-16-10-6-5-9-15(16)22(23,24)25/h2-10,12H,11H2,1H3,(H,28,29). The van der Waals surface area contributed by atoms with Crippen LogP contribution in [-0.2, 0) is 11.0 Å². The third-order valence-corrected chi connectivity index (χ3v) is 6.54. The number of amides is 1. The number of aryl methyl sites for hydroxylation is 1. The van der Waals surface area contributed by atoms with E-state index in [0.29, 0.717) is 5.03 Å². The zero-order valence-corrected chi connectivity index (χ0v) is 17.9. The molecule has 0 saturated carbocycles. The molecule has 1 N–H and O–H groups in total. The van der Waals surface area contributed by atoms with Gasteiger partial charge >= 0.3 is 6.18 Å². The Labute approximate surface area is 184 Å². The lowest BCUT2D eigenvalue weighted by atomic mass is 10.0. The van der Waals surface area contributed by atoms with Crippen molar-refractivity contribution in [3.8, 4) is 11.1 Å². The van der Waals surface area contributed by atoms with Crippen LogP contribution in [0.15, 0.2) is 66.0 Å². The highest BCUT2D eigenvalue weighted by Crippen LogP contribution is 2.41. The first-order valence-electron chi connectivity index (χ1n) is 9.23. The summed E-state index contributed by atoms with van der Waals surface area (Å²) >= 11 is 2.71. The number of thioether (sulfide) groups is 1. The van der Waals surface area contributed by atoms with Gasteiger partial charge in [0.1, 0.15) is 16.2 Å². The van der Waals surface area contributed by atoms with Gasteiger partial charge in [0.05, 0.1) is 22.4 Å². The van der Waals surface area contributed by atoms with Gasteiger partial charge in [0, 0.05) is 10.4 Å². The summed E-state index contributed by atoms with van der Waals surface area (Å²) in [6.45, 7) is 2.00. The molecule has 31 heavy (non-hydrogen) atoms. The summed E-state index contributed by atoms with van der Waals surface area (Å²) < 4.78 is 39.5. The smallest absolute Gasteiger partial charge is 0.325 e. The van der Waals surface area contributed by atoms with Crippen molar-refractivity contribution >= 4 is 44.9 Å². The fourth-order valence-electron chi connectivity index (χ4n) is 3.24. The maximum atomic E-state index is 13.2. The van der Waals surface area contributed by atoms with E-state index in [9.17, 15) is 18.0 Å². The van der Waals surface area contributed by atoms with E-state index in [0.717, 1.165) is 32.3 Å². The van der Waals surface area contributed by atoms with Gasteiger partial charge in [-0.1, -0.05) is 54.2 Å². The molecule has 0 fully saturated rings. The van der Waals surface area contributed by atoms with E-state index in [1.165, 1.54) is 47.6 Å².